The second-order valence-corrected chi connectivity index (χ2v) is 3.07. The summed E-state index contributed by atoms with van der Waals surface area (Å²) in [6.07, 6.45) is 7.87. The molecule has 0 aliphatic rings. The van der Waals surface area contributed by atoms with Crippen molar-refractivity contribution >= 4 is 6.09 Å². The molecule has 0 unspecified atom stereocenters. The number of amides is 1. The Morgan fingerprint density at radius 2 is 2.27 bits per heavy atom. The van der Waals surface area contributed by atoms with E-state index in [-0.39, 0.29) is 6.09 Å². The molecule has 0 spiro atoms. The van der Waals surface area contributed by atoms with Gasteiger partial charge in [0.15, 0.2) is 0 Å². The van der Waals surface area contributed by atoms with Crippen LogP contribution in [0.25, 0.3) is 0 Å². The molecule has 3 heteroatoms. The van der Waals surface area contributed by atoms with Crippen molar-refractivity contribution < 1.29 is 9.53 Å². The van der Waals surface area contributed by atoms with Crippen molar-refractivity contribution in [2.75, 3.05) is 13.2 Å². The van der Waals surface area contributed by atoms with Crippen LogP contribution in [0, 0.1) is 0 Å². The fourth-order valence-electron chi connectivity index (χ4n) is 0.874. The molecule has 0 aromatic rings. The van der Waals surface area contributed by atoms with Crippen LogP contribution in [0.3, 0.4) is 0 Å². The number of ether oxygens (including phenoxy) is 1. The summed E-state index contributed by atoms with van der Waals surface area (Å²) in [5.41, 5.74) is 1.09. The van der Waals surface area contributed by atoms with Gasteiger partial charge in [-0.15, -0.1) is 0 Å². The van der Waals surface area contributed by atoms with Crippen LogP contribution in [-0.4, -0.2) is 19.2 Å². The number of hydrogen-bond donors (Lipinski definition) is 1. The zero-order chi connectivity index (χ0) is 11.5. The third kappa shape index (κ3) is 8.81. The van der Waals surface area contributed by atoms with E-state index in [4.69, 9.17) is 4.74 Å². The summed E-state index contributed by atoms with van der Waals surface area (Å²) >= 11 is 0. The second kappa shape index (κ2) is 9.06. The number of carbonyl (C=O) groups is 1. The van der Waals surface area contributed by atoms with E-state index >= 15 is 0 Å². The number of alkyl carbamates (subject to hydrolysis) is 1. The zero-order valence-electron chi connectivity index (χ0n) is 9.45. The molecule has 0 bridgehead atoms. The normalized spacial score (nSPS) is 11.5. The Morgan fingerprint density at radius 1 is 1.53 bits per heavy atom. The molecule has 0 radical (unpaired) electrons. The van der Waals surface area contributed by atoms with E-state index in [9.17, 15) is 4.79 Å². The van der Waals surface area contributed by atoms with Crippen LogP contribution in [-0.2, 0) is 4.74 Å². The quantitative estimate of drug-likeness (QED) is 0.683. The molecule has 15 heavy (non-hydrogen) atoms. The lowest BCUT2D eigenvalue weighted by Gasteiger charge is -2.02. The van der Waals surface area contributed by atoms with Crippen LogP contribution in [0.2, 0.25) is 0 Å². The summed E-state index contributed by atoms with van der Waals surface area (Å²) in [6.45, 7) is 8.45. The van der Waals surface area contributed by atoms with Gasteiger partial charge in [0.1, 0.15) is 0 Å². The first-order valence-corrected chi connectivity index (χ1v) is 5.07. The second-order valence-electron chi connectivity index (χ2n) is 3.07. The molecule has 84 valence electrons. The maximum absolute atomic E-state index is 11.0. The largest absolute Gasteiger partial charge is 0.450 e. The van der Waals surface area contributed by atoms with Crippen LogP contribution in [0.4, 0.5) is 4.79 Å². The zero-order valence-corrected chi connectivity index (χ0v) is 9.45. The van der Waals surface area contributed by atoms with Gasteiger partial charge >= 0.3 is 6.09 Å². The summed E-state index contributed by atoms with van der Waals surface area (Å²) in [5, 5.41) is 2.61. The summed E-state index contributed by atoms with van der Waals surface area (Å²) in [7, 11) is 0. The Bertz CT molecular complexity index is 254. The van der Waals surface area contributed by atoms with Crippen molar-refractivity contribution in [3.63, 3.8) is 0 Å². The monoisotopic (exact) mass is 209 g/mol. The first-order chi connectivity index (χ1) is 7.20. The molecule has 0 aliphatic heterocycles. The summed E-state index contributed by atoms with van der Waals surface area (Å²) in [6, 6.07) is 0. The van der Waals surface area contributed by atoms with E-state index < -0.39 is 0 Å². The SMILES string of the molecule is C=C/C=C(C)\C=C/CNC(=O)OCCC. The Balaban J connectivity index is 3.65. The van der Waals surface area contributed by atoms with E-state index in [2.05, 4.69) is 11.9 Å². The van der Waals surface area contributed by atoms with Gasteiger partial charge in [-0.3, -0.25) is 0 Å². The highest BCUT2D eigenvalue weighted by Crippen LogP contribution is 1.93. The fraction of sp³-hybridized carbons (Fsp3) is 0.417. The highest BCUT2D eigenvalue weighted by molar-refractivity contribution is 5.67. The van der Waals surface area contributed by atoms with Crippen molar-refractivity contribution in [2.24, 2.45) is 0 Å². The van der Waals surface area contributed by atoms with Gasteiger partial charge in [0.05, 0.1) is 6.61 Å². The van der Waals surface area contributed by atoms with E-state index in [0.717, 1.165) is 12.0 Å². The molecular formula is C12H19NO2. The molecular weight excluding hydrogens is 190 g/mol. The van der Waals surface area contributed by atoms with Crippen LogP contribution < -0.4 is 5.32 Å². The number of hydrogen-bond acceptors (Lipinski definition) is 2. The van der Waals surface area contributed by atoms with Gasteiger partial charge < -0.3 is 10.1 Å². The maximum atomic E-state index is 11.0. The van der Waals surface area contributed by atoms with Crippen molar-refractivity contribution in [2.45, 2.75) is 20.3 Å². The van der Waals surface area contributed by atoms with Gasteiger partial charge in [-0.2, -0.15) is 0 Å². The van der Waals surface area contributed by atoms with Gasteiger partial charge in [-0.25, -0.2) is 4.79 Å². The molecule has 3 nitrogen and oxygen atoms in total. The Morgan fingerprint density at radius 3 is 2.87 bits per heavy atom. The maximum Gasteiger partial charge on any atom is 0.407 e. The topological polar surface area (TPSA) is 38.3 Å². The third-order valence-corrected chi connectivity index (χ3v) is 1.56. The number of rotatable bonds is 6. The third-order valence-electron chi connectivity index (χ3n) is 1.56. The average Bonchev–Trinajstić information content (AvgIpc) is 2.22. The average molecular weight is 209 g/mol. The molecule has 0 aliphatic carbocycles. The number of nitrogens with one attached hydrogen (secondary N) is 1. The van der Waals surface area contributed by atoms with Gasteiger partial charge in [0.2, 0.25) is 0 Å². The molecule has 0 rings (SSSR count). The number of carbonyl (C=O) groups excluding carboxylic acids is 1. The van der Waals surface area contributed by atoms with Crippen molar-refractivity contribution in [1.82, 2.24) is 5.32 Å². The highest BCUT2D eigenvalue weighted by Gasteiger charge is 1.96. The summed E-state index contributed by atoms with van der Waals surface area (Å²) in [5.74, 6) is 0. The Hall–Kier alpha value is -1.51. The molecule has 0 aromatic heterocycles. The van der Waals surface area contributed by atoms with Crippen molar-refractivity contribution in [1.29, 1.82) is 0 Å². The predicted octanol–water partition coefficient (Wildman–Crippen LogP) is 2.81. The standard InChI is InChI=1S/C12H19NO2/c1-4-7-11(3)8-6-9-13-12(14)15-10-5-2/h4,6-8H,1,5,9-10H2,2-3H3,(H,13,14)/b8-6-,11-7-. The van der Waals surface area contributed by atoms with Crippen LogP contribution >= 0.6 is 0 Å². The van der Waals surface area contributed by atoms with E-state index in [1.165, 1.54) is 0 Å². The minimum Gasteiger partial charge on any atom is -0.450 e. The van der Waals surface area contributed by atoms with E-state index in [1.807, 2.05) is 32.1 Å². The molecule has 0 saturated carbocycles. The van der Waals surface area contributed by atoms with E-state index in [0.29, 0.717) is 13.2 Å². The smallest absolute Gasteiger partial charge is 0.407 e. The van der Waals surface area contributed by atoms with Gasteiger partial charge in [0, 0.05) is 6.54 Å². The summed E-state index contributed by atoms with van der Waals surface area (Å²) < 4.78 is 4.83. The minimum absolute atomic E-state index is 0.369. The molecule has 1 N–H and O–H groups in total. The molecule has 1 amide bonds. The van der Waals surface area contributed by atoms with Gasteiger partial charge in [-0.05, 0) is 13.3 Å². The molecule has 0 saturated heterocycles. The predicted molar refractivity (Wildman–Crippen MR) is 62.7 cm³/mol. The molecule has 0 heterocycles. The van der Waals surface area contributed by atoms with Crippen LogP contribution in [0.15, 0.2) is 36.5 Å². The van der Waals surface area contributed by atoms with Crippen molar-refractivity contribution in [3.8, 4) is 0 Å². The molecule has 0 fully saturated rings. The first kappa shape index (κ1) is 13.5. The lowest BCUT2D eigenvalue weighted by Crippen LogP contribution is -2.24. The fourth-order valence-corrected chi connectivity index (χ4v) is 0.874. The first-order valence-electron chi connectivity index (χ1n) is 5.07. The van der Waals surface area contributed by atoms with Crippen LogP contribution in [0.1, 0.15) is 20.3 Å². The van der Waals surface area contributed by atoms with E-state index in [1.54, 1.807) is 6.08 Å². The lowest BCUT2D eigenvalue weighted by molar-refractivity contribution is 0.147. The Kier molecular flexibility index (Phi) is 8.15. The van der Waals surface area contributed by atoms with Gasteiger partial charge in [0.25, 0.3) is 0 Å². The molecule has 0 aromatic carbocycles. The lowest BCUT2D eigenvalue weighted by atomic mass is 10.2. The summed E-state index contributed by atoms with van der Waals surface area (Å²) in [4.78, 5) is 11.0. The number of allylic oxidation sites excluding steroid dienone is 4. The molecule has 0 atom stereocenters. The van der Waals surface area contributed by atoms with Gasteiger partial charge in [-0.1, -0.05) is 43.4 Å². The Labute approximate surface area is 91.5 Å². The highest BCUT2D eigenvalue weighted by atomic mass is 16.5. The minimum atomic E-state index is -0.369. The van der Waals surface area contributed by atoms with Crippen molar-refractivity contribution in [3.05, 3.63) is 36.5 Å². The van der Waals surface area contributed by atoms with Crippen LogP contribution in [0.5, 0.6) is 0 Å².